The van der Waals surface area contributed by atoms with Crippen LogP contribution in [-0.2, 0) is 4.79 Å². The molecular formula is C20H28N4O2. The average Bonchev–Trinajstić information content (AvgIpc) is 2.64. The van der Waals surface area contributed by atoms with Crippen molar-refractivity contribution in [1.82, 2.24) is 10.3 Å². The lowest BCUT2D eigenvalue weighted by atomic mass is 9.82. The number of hydrazone groups is 1. The number of amidine groups is 1. The van der Waals surface area contributed by atoms with Crippen molar-refractivity contribution in [3.63, 3.8) is 0 Å². The van der Waals surface area contributed by atoms with E-state index in [4.69, 9.17) is 4.74 Å². The molecule has 0 spiro atoms. The highest BCUT2D eigenvalue weighted by Crippen LogP contribution is 2.43. The van der Waals surface area contributed by atoms with E-state index in [0.717, 1.165) is 30.4 Å². The molecule has 0 aliphatic carbocycles. The summed E-state index contributed by atoms with van der Waals surface area (Å²) in [6.45, 7) is 9.06. The van der Waals surface area contributed by atoms with Crippen LogP contribution in [0.4, 0.5) is 5.69 Å². The van der Waals surface area contributed by atoms with Gasteiger partial charge in [-0.15, -0.1) is 0 Å². The van der Waals surface area contributed by atoms with Gasteiger partial charge < -0.3 is 14.5 Å². The van der Waals surface area contributed by atoms with Crippen LogP contribution in [0, 0.1) is 0 Å². The van der Waals surface area contributed by atoms with E-state index >= 15 is 0 Å². The van der Waals surface area contributed by atoms with Crippen LogP contribution in [0.1, 0.15) is 56.6 Å². The van der Waals surface area contributed by atoms with Gasteiger partial charge in [0.1, 0.15) is 18.4 Å². The number of amides is 1. The Labute approximate surface area is 155 Å². The Morgan fingerprint density at radius 3 is 2.69 bits per heavy atom. The smallest absolute Gasteiger partial charge is 0.262 e. The van der Waals surface area contributed by atoms with Crippen LogP contribution in [-0.4, -0.2) is 49.4 Å². The van der Waals surface area contributed by atoms with E-state index in [1.807, 2.05) is 11.8 Å². The molecule has 1 atom stereocenters. The van der Waals surface area contributed by atoms with Crippen molar-refractivity contribution in [3.8, 4) is 5.75 Å². The molecule has 26 heavy (non-hydrogen) atoms. The Hall–Kier alpha value is -2.08. The maximum atomic E-state index is 12.2. The summed E-state index contributed by atoms with van der Waals surface area (Å²) in [7, 11) is 2.19. The third kappa shape index (κ3) is 2.86. The minimum atomic E-state index is -0.277. The second kappa shape index (κ2) is 6.58. The molecule has 1 N–H and O–H groups in total. The fourth-order valence-electron chi connectivity index (χ4n) is 4.28. The first kappa shape index (κ1) is 17.3. The monoisotopic (exact) mass is 356 g/mol. The van der Waals surface area contributed by atoms with E-state index < -0.39 is 0 Å². The quantitative estimate of drug-likeness (QED) is 0.885. The summed E-state index contributed by atoms with van der Waals surface area (Å²) in [6, 6.07) is 4.19. The molecule has 0 unspecified atom stereocenters. The van der Waals surface area contributed by atoms with E-state index in [1.165, 1.54) is 24.0 Å². The SMILES string of the molecule is CC(C)c1cc2c(cc1C1CCN(C)CC1)N1C(=NNC(=O)[C@H]1C)CO2. The number of anilines is 1. The second-order valence-electron chi connectivity index (χ2n) is 8.02. The number of nitrogens with one attached hydrogen (secondary N) is 1. The lowest BCUT2D eigenvalue weighted by Crippen LogP contribution is -2.55. The first-order valence-electron chi connectivity index (χ1n) is 9.60. The molecule has 1 aromatic carbocycles. The fraction of sp³-hybridized carbons (Fsp3) is 0.600. The Balaban J connectivity index is 1.79. The number of ether oxygens (including phenoxy) is 1. The summed E-state index contributed by atoms with van der Waals surface area (Å²) in [6.07, 6.45) is 2.35. The summed E-state index contributed by atoms with van der Waals surface area (Å²) in [5.74, 6) is 2.57. The third-order valence-electron chi connectivity index (χ3n) is 5.90. The Kier molecular flexibility index (Phi) is 4.39. The summed E-state index contributed by atoms with van der Waals surface area (Å²) in [5, 5.41) is 4.20. The molecule has 3 aliphatic rings. The molecule has 0 saturated carbocycles. The average molecular weight is 356 g/mol. The molecule has 0 aromatic heterocycles. The number of rotatable bonds is 2. The summed E-state index contributed by atoms with van der Waals surface area (Å²) >= 11 is 0. The minimum absolute atomic E-state index is 0.0737. The van der Waals surface area contributed by atoms with Crippen LogP contribution in [0.2, 0.25) is 0 Å². The molecule has 4 rings (SSSR count). The van der Waals surface area contributed by atoms with Crippen molar-refractivity contribution < 1.29 is 9.53 Å². The number of nitrogens with zero attached hydrogens (tertiary/aromatic N) is 3. The predicted molar refractivity (Wildman–Crippen MR) is 103 cm³/mol. The van der Waals surface area contributed by atoms with Crippen LogP contribution in [0.15, 0.2) is 17.2 Å². The summed E-state index contributed by atoms with van der Waals surface area (Å²) in [5.41, 5.74) is 6.36. The molecule has 0 bridgehead atoms. The number of hydrogen-bond acceptors (Lipinski definition) is 5. The van der Waals surface area contributed by atoms with E-state index in [0.29, 0.717) is 18.4 Å². The highest BCUT2D eigenvalue weighted by Gasteiger charge is 2.36. The molecule has 0 radical (unpaired) electrons. The minimum Gasteiger partial charge on any atom is -0.483 e. The first-order valence-corrected chi connectivity index (χ1v) is 9.60. The molecule has 1 aromatic rings. The molecule has 140 valence electrons. The van der Waals surface area contributed by atoms with Gasteiger partial charge in [-0.3, -0.25) is 4.79 Å². The highest BCUT2D eigenvalue weighted by molar-refractivity contribution is 6.09. The first-order chi connectivity index (χ1) is 12.5. The van der Waals surface area contributed by atoms with Gasteiger partial charge in [-0.05, 0) is 75.0 Å². The van der Waals surface area contributed by atoms with E-state index in [-0.39, 0.29) is 11.9 Å². The standard InChI is InChI=1S/C20H28N4O2/c1-12(2)15-10-18-17(9-16(15)14-5-7-23(4)8-6-14)24-13(3)20(25)22-21-19(24)11-26-18/h9-10,12-14H,5-8,11H2,1-4H3,(H,22,25)/t13-/m1/s1. The molecule has 1 amide bonds. The van der Waals surface area contributed by atoms with Crippen molar-refractivity contribution in [2.75, 3.05) is 31.6 Å². The van der Waals surface area contributed by atoms with Crippen LogP contribution in [0.5, 0.6) is 5.75 Å². The molecule has 6 heteroatoms. The van der Waals surface area contributed by atoms with Crippen molar-refractivity contribution in [1.29, 1.82) is 0 Å². The van der Waals surface area contributed by atoms with Gasteiger partial charge >= 0.3 is 0 Å². The van der Waals surface area contributed by atoms with Crippen LogP contribution < -0.4 is 15.1 Å². The van der Waals surface area contributed by atoms with Gasteiger partial charge in [0, 0.05) is 0 Å². The van der Waals surface area contributed by atoms with Crippen LogP contribution in [0.25, 0.3) is 0 Å². The second-order valence-corrected chi connectivity index (χ2v) is 8.02. The number of hydrogen-bond donors (Lipinski definition) is 1. The number of benzene rings is 1. The Morgan fingerprint density at radius 1 is 1.27 bits per heavy atom. The van der Waals surface area contributed by atoms with Gasteiger partial charge in [0.15, 0.2) is 5.84 Å². The summed E-state index contributed by atoms with van der Waals surface area (Å²) in [4.78, 5) is 16.6. The van der Waals surface area contributed by atoms with Crippen LogP contribution in [0.3, 0.4) is 0 Å². The molecule has 1 saturated heterocycles. The van der Waals surface area contributed by atoms with Crippen LogP contribution >= 0.6 is 0 Å². The predicted octanol–water partition coefficient (Wildman–Crippen LogP) is 2.65. The zero-order valence-electron chi connectivity index (χ0n) is 16.1. The van der Waals surface area contributed by atoms with Crippen molar-refractivity contribution in [2.24, 2.45) is 5.10 Å². The Bertz CT molecular complexity index is 750. The van der Waals surface area contributed by atoms with Gasteiger partial charge in [-0.2, -0.15) is 5.10 Å². The van der Waals surface area contributed by atoms with Gasteiger partial charge in [-0.25, -0.2) is 5.43 Å². The molecule has 6 nitrogen and oxygen atoms in total. The lowest BCUT2D eigenvalue weighted by Gasteiger charge is -2.39. The van der Waals surface area contributed by atoms with E-state index in [9.17, 15) is 4.79 Å². The normalized spacial score (nSPS) is 23.9. The molecule has 3 aliphatic heterocycles. The number of piperidine rings is 1. The van der Waals surface area contributed by atoms with Crippen molar-refractivity contribution in [2.45, 2.75) is 51.5 Å². The van der Waals surface area contributed by atoms with Gasteiger partial charge in [-0.1, -0.05) is 13.8 Å². The van der Waals surface area contributed by atoms with Gasteiger partial charge in [0.05, 0.1) is 5.69 Å². The number of carbonyl (C=O) groups is 1. The topological polar surface area (TPSA) is 57.2 Å². The van der Waals surface area contributed by atoms with E-state index in [2.05, 4.69) is 48.5 Å². The maximum absolute atomic E-state index is 12.2. The molecular weight excluding hydrogens is 328 g/mol. The maximum Gasteiger partial charge on any atom is 0.262 e. The fourth-order valence-corrected chi connectivity index (χ4v) is 4.28. The van der Waals surface area contributed by atoms with E-state index in [1.54, 1.807) is 0 Å². The Morgan fingerprint density at radius 2 is 2.00 bits per heavy atom. The van der Waals surface area contributed by atoms with Crippen molar-refractivity contribution >= 4 is 17.4 Å². The highest BCUT2D eigenvalue weighted by atomic mass is 16.5. The number of likely N-dealkylation sites (tertiary alicyclic amines) is 1. The summed E-state index contributed by atoms with van der Waals surface area (Å²) < 4.78 is 5.99. The zero-order chi connectivity index (χ0) is 18.4. The van der Waals surface area contributed by atoms with Gasteiger partial charge in [0.25, 0.3) is 5.91 Å². The molecule has 1 fully saturated rings. The van der Waals surface area contributed by atoms with Gasteiger partial charge in [0.2, 0.25) is 0 Å². The van der Waals surface area contributed by atoms with Crippen molar-refractivity contribution in [3.05, 3.63) is 23.3 Å². The zero-order valence-corrected chi connectivity index (χ0v) is 16.1. The third-order valence-corrected chi connectivity index (χ3v) is 5.90. The number of carbonyl (C=O) groups excluding carboxylic acids is 1. The number of fused-ring (bicyclic) bond motifs is 3. The largest absolute Gasteiger partial charge is 0.483 e. The lowest BCUT2D eigenvalue weighted by molar-refractivity contribution is -0.122. The molecule has 3 heterocycles.